The van der Waals surface area contributed by atoms with Gasteiger partial charge in [0.05, 0.1) is 11.4 Å². The Labute approximate surface area is 144 Å². The number of aryl methyl sites for hydroxylation is 1. The maximum Gasteiger partial charge on any atom is 0.323 e. The van der Waals surface area contributed by atoms with Crippen molar-refractivity contribution in [1.29, 1.82) is 0 Å². The summed E-state index contributed by atoms with van der Waals surface area (Å²) in [6, 6.07) is 8.41. The number of oxazole rings is 1. The molecule has 0 radical (unpaired) electrons. The van der Waals surface area contributed by atoms with Crippen LogP contribution in [0, 0.1) is 6.92 Å². The van der Waals surface area contributed by atoms with Gasteiger partial charge in [-0.15, -0.1) is 0 Å². The lowest BCUT2D eigenvalue weighted by molar-refractivity contribution is 0.255. The Kier molecular flexibility index (Phi) is 4.56. The van der Waals surface area contributed by atoms with Gasteiger partial charge in [-0.2, -0.15) is 0 Å². The van der Waals surface area contributed by atoms with Crippen molar-refractivity contribution in [3.63, 3.8) is 0 Å². The number of hydrogen-bond acceptors (Lipinski definition) is 5. The van der Waals surface area contributed by atoms with Crippen LogP contribution in [0.1, 0.15) is 18.5 Å². The predicted molar refractivity (Wildman–Crippen MR) is 98.0 cm³/mol. The van der Waals surface area contributed by atoms with Gasteiger partial charge in [-0.1, -0.05) is 6.08 Å². The van der Waals surface area contributed by atoms with Gasteiger partial charge in [0.2, 0.25) is 0 Å². The molecule has 0 bridgehead atoms. The number of benzene rings is 1. The van der Waals surface area contributed by atoms with Gasteiger partial charge in [0, 0.05) is 24.9 Å². The third-order valence-electron chi connectivity index (χ3n) is 3.50. The molecule has 3 aromatic rings. The largest absolute Gasteiger partial charge is 0.441 e. The zero-order valence-electron chi connectivity index (χ0n) is 13.9. The number of carbonyl (C=O) groups is 1. The first-order valence-corrected chi connectivity index (χ1v) is 7.64. The first-order chi connectivity index (χ1) is 12.1. The molecule has 0 aliphatic carbocycles. The molecule has 7 nitrogen and oxygen atoms in total. The first-order valence-electron chi connectivity index (χ1n) is 7.64. The summed E-state index contributed by atoms with van der Waals surface area (Å²) in [6.07, 6.45) is 3.38. The topological polar surface area (TPSA) is 92.4 Å². The van der Waals surface area contributed by atoms with Crippen molar-refractivity contribution in [1.82, 2.24) is 15.3 Å². The molecule has 126 valence electrons. The zero-order chi connectivity index (χ0) is 17.8. The molecule has 2 N–H and O–H groups in total. The van der Waals surface area contributed by atoms with Crippen LogP contribution >= 0.6 is 0 Å². The number of nitrogens with one attached hydrogen (secondary N) is 2. The second kappa shape index (κ2) is 6.96. The maximum absolute atomic E-state index is 12.3. The van der Waals surface area contributed by atoms with Crippen LogP contribution in [-0.2, 0) is 0 Å². The number of carbonyl (C=O) groups excluding carboxylic acids is 1. The summed E-state index contributed by atoms with van der Waals surface area (Å²) in [4.78, 5) is 24.7. The van der Waals surface area contributed by atoms with Gasteiger partial charge >= 0.3 is 6.03 Å². The molecule has 0 fully saturated rings. The number of rotatable bonds is 4. The van der Waals surface area contributed by atoms with Crippen LogP contribution < -0.4 is 10.6 Å². The quantitative estimate of drug-likeness (QED) is 0.704. The number of fused-ring (bicyclic) bond motifs is 1. The van der Waals surface area contributed by atoms with Crippen molar-refractivity contribution in [2.45, 2.75) is 13.8 Å². The second-order valence-corrected chi connectivity index (χ2v) is 5.23. The molecule has 1 aromatic carbocycles. The summed E-state index contributed by atoms with van der Waals surface area (Å²) in [5, 5.41) is 5.54. The van der Waals surface area contributed by atoms with Crippen LogP contribution in [0.25, 0.3) is 16.8 Å². The van der Waals surface area contributed by atoms with E-state index >= 15 is 0 Å². The summed E-state index contributed by atoms with van der Waals surface area (Å²) in [5.41, 5.74) is 3.64. The van der Waals surface area contributed by atoms with Crippen LogP contribution in [0.5, 0.6) is 0 Å². The fourth-order valence-corrected chi connectivity index (χ4v) is 2.40. The number of urea groups is 1. The number of aliphatic imine (C=N–C) groups is 1. The van der Waals surface area contributed by atoms with Gasteiger partial charge < -0.3 is 15.1 Å². The van der Waals surface area contributed by atoms with Gasteiger partial charge in [-0.05, 0) is 37.9 Å². The van der Waals surface area contributed by atoms with E-state index in [1.54, 1.807) is 56.5 Å². The Balaban J connectivity index is 1.76. The smallest absolute Gasteiger partial charge is 0.323 e. The Morgan fingerprint density at radius 1 is 1.36 bits per heavy atom. The minimum absolute atomic E-state index is 0.399. The van der Waals surface area contributed by atoms with Crippen molar-refractivity contribution in [2.75, 3.05) is 5.32 Å². The SMILES string of the molecule is C=Nc1cccnc1/C(=C\C)NC(=O)Nc1ccc2nc(C)oc2c1. The molecule has 7 heteroatoms. The maximum atomic E-state index is 12.3. The first kappa shape index (κ1) is 16.4. The Morgan fingerprint density at radius 3 is 2.96 bits per heavy atom. The predicted octanol–water partition coefficient (Wildman–Crippen LogP) is 4.05. The van der Waals surface area contributed by atoms with Crippen molar-refractivity contribution in [3.8, 4) is 0 Å². The van der Waals surface area contributed by atoms with Gasteiger partial charge in [0.25, 0.3) is 0 Å². The molecule has 0 unspecified atom stereocenters. The molecule has 0 atom stereocenters. The van der Waals surface area contributed by atoms with E-state index in [0.717, 1.165) is 5.52 Å². The molecule has 2 amide bonds. The minimum atomic E-state index is -0.399. The fourth-order valence-electron chi connectivity index (χ4n) is 2.40. The summed E-state index contributed by atoms with van der Waals surface area (Å²) >= 11 is 0. The highest BCUT2D eigenvalue weighted by Gasteiger charge is 2.12. The molecular formula is C18H17N5O2. The molecule has 3 rings (SSSR count). The van der Waals surface area contributed by atoms with Crippen molar-refractivity contribution >= 4 is 40.9 Å². The third-order valence-corrected chi connectivity index (χ3v) is 3.50. The van der Waals surface area contributed by atoms with Gasteiger partial charge in [-0.3, -0.25) is 9.98 Å². The van der Waals surface area contributed by atoms with E-state index in [-0.39, 0.29) is 0 Å². The standard InChI is InChI=1S/C18H17N5O2/c1-4-13(17-15(19-3)6-5-9-20-17)23-18(24)22-12-7-8-14-16(10-12)25-11(2)21-14/h4-10H,3H2,1-2H3,(H2,22,23,24)/b13-4+. The van der Waals surface area contributed by atoms with Gasteiger partial charge in [0.15, 0.2) is 11.5 Å². The lowest BCUT2D eigenvalue weighted by Gasteiger charge is -2.12. The van der Waals surface area contributed by atoms with E-state index in [1.165, 1.54) is 0 Å². The number of nitrogens with zero attached hydrogens (tertiary/aromatic N) is 3. The van der Waals surface area contributed by atoms with E-state index in [9.17, 15) is 4.79 Å². The molecule has 0 saturated heterocycles. The van der Waals surface area contributed by atoms with Crippen LogP contribution in [0.3, 0.4) is 0 Å². The summed E-state index contributed by atoms with van der Waals surface area (Å²) in [7, 11) is 0. The number of amides is 2. The van der Waals surface area contributed by atoms with E-state index in [1.807, 2.05) is 0 Å². The zero-order valence-corrected chi connectivity index (χ0v) is 13.9. The Morgan fingerprint density at radius 2 is 2.20 bits per heavy atom. The molecule has 0 spiro atoms. The van der Waals surface area contributed by atoms with Crippen molar-refractivity contribution in [3.05, 3.63) is 54.2 Å². The van der Waals surface area contributed by atoms with Crippen LogP contribution in [-0.4, -0.2) is 22.7 Å². The second-order valence-electron chi connectivity index (χ2n) is 5.23. The third kappa shape index (κ3) is 3.55. The van der Waals surface area contributed by atoms with Gasteiger partial charge in [0.1, 0.15) is 11.2 Å². The molecule has 2 heterocycles. The molecule has 0 saturated carbocycles. The number of pyridine rings is 1. The number of allylic oxidation sites excluding steroid dienone is 1. The lowest BCUT2D eigenvalue weighted by Crippen LogP contribution is -2.27. The van der Waals surface area contributed by atoms with Crippen LogP contribution in [0.15, 0.2) is 52.0 Å². The molecule has 25 heavy (non-hydrogen) atoms. The van der Waals surface area contributed by atoms with E-state index in [4.69, 9.17) is 4.42 Å². The fraction of sp³-hybridized carbons (Fsp3) is 0.111. The number of hydrogen-bond donors (Lipinski definition) is 2. The highest BCUT2D eigenvalue weighted by atomic mass is 16.3. The molecule has 2 aromatic heterocycles. The summed E-state index contributed by atoms with van der Waals surface area (Å²) in [5.74, 6) is 0.576. The Bertz CT molecular complexity index is 975. The summed E-state index contributed by atoms with van der Waals surface area (Å²) in [6.45, 7) is 7.10. The molecular weight excluding hydrogens is 318 g/mol. The van der Waals surface area contributed by atoms with Gasteiger partial charge in [-0.25, -0.2) is 9.78 Å². The number of anilines is 1. The normalized spacial score (nSPS) is 11.4. The van der Waals surface area contributed by atoms with Crippen molar-refractivity contribution in [2.24, 2.45) is 4.99 Å². The number of aromatic nitrogens is 2. The van der Waals surface area contributed by atoms with Crippen molar-refractivity contribution < 1.29 is 9.21 Å². The van der Waals surface area contributed by atoms with E-state index < -0.39 is 6.03 Å². The van der Waals surface area contributed by atoms with E-state index in [0.29, 0.717) is 34.2 Å². The Hall–Kier alpha value is -3.48. The average Bonchev–Trinajstić information content (AvgIpc) is 2.99. The summed E-state index contributed by atoms with van der Waals surface area (Å²) < 4.78 is 5.47. The lowest BCUT2D eigenvalue weighted by atomic mass is 10.2. The molecule has 0 aliphatic rings. The van der Waals surface area contributed by atoms with E-state index in [2.05, 4.69) is 32.3 Å². The monoisotopic (exact) mass is 335 g/mol. The van der Waals surface area contributed by atoms with Crippen LogP contribution in [0.2, 0.25) is 0 Å². The van der Waals surface area contributed by atoms with Crippen LogP contribution in [0.4, 0.5) is 16.2 Å². The highest BCUT2D eigenvalue weighted by molar-refractivity contribution is 5.97. The minimum Gasteiger partial charge on any atom is -0.441 e. The highest BCUT2D eigenvalue weighted by Crippen LogP contribution is 2.22. The molecule has 0 aliphatic heterocycles. The average molecular weight is 335 g/mol.